The zero-order valence-electron chi connectivity index (χ0n) is 10.9. The van der Waals surface area contributed by atoms with Gasteiger partial charge in [0.15, 0.2) is 0 Å². The quantitative estimate of drug-likeness (QED) is 0.885. The van der Waals surface area contributed by atoms with Crippen LogP contribution in [0.25, 0.3) is 0 Å². The number of rotatable bonds is 4. The molecule has 0 heterocycles. The molecule has 2 rings (SSSR count). The Kier molecular flexibility index (Phi) is 4.45. The van der Waals surface area contributed by atoms with Gasteiger partial charge in [-0.25, -0.2) is 0 Å². The van der Waals surface area contributed by atoms with E-state index in [1.807, 2.05) is 30.3 Å². The third kappa shape index (κ3) is 3.84. The number of alkyl halides is 3. The van der Waals surface area contributed by atoms with Crippen molar-refractivity contribution in [2.75, 3.05) is 0 Å². The molecule has 0 aliphatic carbocycles. The Morgan fingerprint density at radius 2 is 1.65 bits per heavy atom. The van der Waals surface area contributed by atoms with Crippen molar-refractivity contribution in [1.82, 2.24) is 0 Å². The van der Waals surface area contributed by atoms with Gasteiger partial charge in [0, 0.05) is 6.04 Å². The zero-order chi connectivity index (χ0) is 14.6. The van der Waals surface area contributed by atoms with Crippen LogP contribution in [0, 0.1) is 0 Å². The Morgan fingerprint density at radius 1 is 0.950 bits per heavy atom. The highest BCUT2D eigenvalue weighted by molar-refractivity contribution is 5.26. The molecule has 0 radical (unpaired) electrons. The number of aryl methyl sites for hydroxylation is 1. The lowest BCUT2D eigenvalue weighted by Gasteiger charge is -2.13. The summed E-state index contributed by atoms with van der Waals surface area (Å²) < 4.78 is 37.8. The molecule has 20 heavy (non-hydrogen) atoms. The van der Waals surface area contributed by atoms with E-state index < -0.39 is 11.7 Å². The second kappa shape index (κ2) is 6.09. The maximum atomic E-state index is 12.6. The minimum atomic E-state index is -4.29. The van der Waals surface area contributed by atoms with E-state index in [0.29, 0.717) is 18.4 Å². The molecule has 0 amide bonds. The van der Waals surface area contributed by atoms with Gasteiger partial charge in [-0.15, -0.1) is 0 Å². The average molecular weight is 279 g/mol. The number of halogens is 3. The Hall–Kier alpha value is -1.81. The van der Waals surface area contributed by atoms with Crippen LogP contribution in [-0.2, 0) is 12.6 Å². The lowest BCUT2D eigenvalue weighted by atomic mass is 9.99. The SMILES string of the molecule is NC(CCc1cccc(C(F)(F)F)c1)c1ccccc1. The molecular weight excluding hydrogens is 263 g/mol. The van der Waals surface area contributed by atoms with E-state index in [2.05, 4.69) is 0 Å². The minimum absolute atomic E-state index is 0.161. The molecule has 1 atom stereocenters. The maximum Gasteiger partial charge on any atom is 0.416 e. The number of hydrogen-bond acceptors (Lipinski definition) is 1. The molecule has 0 aliphatic rings. The fourth-order valence-electron chi connectivity index (χ4n) is 2.09. The first-order valence-electron chi connectivity index (χ1n) is 6.43. The lowest BCUT2D eigenvalue weighted by Crippen LogP contribution is -2.11. The van der Waals surface area contributed by atoms with Crippen molar-refractivity contribution in [3.63, 3.8) is 0 Å². The summed E-state index contributed by atoms with van der Waals surface area (Å²) in [5.41, 5.74) is 7.09. The largest absolute Gasteiger partial charge is 0.416 e. The normalized spacial score (nSPS) is 13.2. The Morgan fingerprint density at radius 3 is 2.30 bits per heavy atom. The van der Waals surface area contributed by atoms with Crippen molar-refractivity contribution in [3.05, 3.63) is 71.3 Å². The molecular formula is C16H16F3N. The molecule has 0 aliphatic heterocycles. The Bertz CT molecular complexity index is 549. The standard InChI is InChI=1S/C16H16F3N/c17-16(18,19)14-8-4-5-12(11-14)9-10-15(20)13-6-2-1-3-7-13/h1-8,11,15H,9-10,20H2. The van der Waals surface area contributed by atoms with Gasteiger partial charge < -0.3 is 5.73 Å². The monoisotopic (exact) mass is 279 g/mol. The second-order valence-electron chi connectivity index (χ2n) is 4.75. The van der Waals surface area contributed by atoms with Crippen LogP contribution in [0.4, 0.5) is 13.2 Å². The molecule has 2 N–H and O–H groups in total. The number of hydrogen-bond donors (Lipinski definition) is 1. The van der Waals surface area contributed by atoms with E-state index in [1.165, 1.54) is 12.1 Å². The molecule has 2 aromatic carbocycles. The first-order valence-corrected chi connectivity index (χ1v) is 6.43. The van der Waals surface area contributed by atoms with Gasteiger partial charge >= 0.3 is 6.18 Å². The molecule has 1 unspecified atom stereocenters. The smallest absolute Gasteiger partial charge is 0.324 e. The van der Waals surface area contributed by atoms with E-state index in [0.717, 1.165) is 11.6 Å². The third-order valence-electron chi connectivity index (χ3n) is 3.23. The molecule has 0 bridgehead atoms. The summed E-state index contributed by atoms with van der Waals surface area (Å²) in [7, 11) is 0. The van der Waals surface area contributed by atoms with Crippen molar-refractivity contribution >= 4 is 0 Å². The summed E-state index contributed by atoms with van der Waals surface area (Å²) in [5.74, 6) is 0. The molecule has 0 saturated carbocycles. The molecule has 1 nitrogen and oxygen atoms in total. The number of benzene rings is 2. The van der Waals surface area contributed by atoms with E-state index >= 15 is 0 Å². The van der Waals surface area contributed by atoms with Crippen LogP contribution in [0.15, 0.2) is 54.6 Å². The molecule has 0 fully saturated rings. The highest BCUT2D eigenvalue weighted by Gasteiger charge is 2.30. The minimum Gasteiger partial charge on any atom is -0.324 e. The summed E-state index contributed by atoms with van der Waals surface area (Å²) in [4.78, 5) is 0. The predicted octanol–water partition coefficient (Wildman–Crippen LogP) is 4.34. The van der Waals surface area contributed by atoms with Gasteiger partial charge in [0.2, 0.25) is 0 Å². The second-order valence-corrected chi connectivity index (χ2v) is 4.75. The van der Waals surface area contributed by atoms with Crippen LogP contribution in [-0.4, -0.2) is 0 Å². The molecule has 2 aromatic rings. The third-order valence-corrected chi connectivity index (χ3v) is 3.23. The average Bonchev–Trinajstić information content (AvgIpc) is 2.45. The molecule has 0 saturated heterocycles. The summed E-state index contributed by atoms with van der Waals surface area (Å²) in [6, 6.07) is 14.8. The topological polar surface area (TPSA) is 26.0 Å². The predicted molar refractivity (Wildman–Crippen MR) is 73.1 cm³/mol. The highest BCUT2D eigenvalue weighted by Crippen LogP contribution is 2.30. The summed E-state index contributed by atoms with van der Waals surface area (Å²) in [6.45, 7) is 0. The van der Waals surface area contributed by atoms with Crippen molar-refractivity contribution < 1.29 is 13.2 Å². The van der Waals surface area contributed by atoms with Crippen LogP contribution in [0.1, 0.15) is 29.2 Å². The molecule has 106 valence electrons. The van der Waals surface area contributed by atoms with E-state index in [1.54, 1.807) is 6.07 Å². The van der Waals surface area contributed by atoms with E-state index in [-0.39, 0.29) is 6.04 Å². The van der Waals surface area contributed by atoms with Crippen LogP contribution in [0.5, 0.6) is 0 Å². The van der Waals surface area contributed by atoms with Gasteiger partial charge in [0.05, 0.1) is 5.56 Å². The van der Waals surface area contributed by atoms with Gasteiger partial charge in [-0.1, -0.05) is 48.5 Å². The van der Waals surface area contributed by atoms with Gasteiger partial charge in [-0.3, -0.25) is 0 Å². The van der Waals surface area contributed by atoms with Crippen molar-refractivity contribution in [3.8, 4) is 0 Å². The van der Waals surface area contributed by atoms with Gasteiger partial charge in [0.1, 0.15) is 0 Å². The fraction of sp³-hybridized carbons (Fsp3) is 0.250. The zero-order valence-corrected chi connectivity index (χ0v) is 10.9. The van der Waals surface area contributed by atoms with E-state index in [9.17, 15) is 13.2 Å². The van der Waals surface area contributed by atoms with E-state index in [4.69, 9.17) is 5.73 Å². The molecule has 4 heteroatoms. The first kappa shape index (κ1) is 14.6. The van der Waals surface area contributed by atoms with Crippen molar-refractivity contribution in [1.29, 1.82) is 0 Å². The van der Waals surface area contributed by atoms with Gasteiger partial charge in [-0.2, -0.15) is 13.2 Å². The maximum absolute atomic E-state index is 12.6. The first-order chi connectivity index (χ1) is 9.47. The van der Waals surface area contributed by atoms with Crippen molar-refractivity contribution in [2.24, 2.45) is 5.73 Å². The lowest BCUT2D eigenvalue weighted by molar-refractivity contribution is -0.137. The van der Waals surface area contributed by atoms with Crippen LogP contribution in [0.3, 0.4) is 0 Å². The van der Waals surface area contributed by atoms with Crippen LogP contribution in [0.2, 0.25) is 0 Å². The van der Waals surface area contributed by atoms with Crippen molar-refractivity contribution in [2.45, 2.75) is 25.1 Å². The Labute approximate surface area is 116 Å². The molecule has 0 aromatic heterocycles. The number of nitrogens with two attached hydrogens (primary N) is 1. The molecule has 0 spiro atoms. The van der Waals surface area contributed by atoms with Gasteiger partial charge in [-0.05, 0) is 30.0 Å². The summed E-state index contributed by atoms with van der Waals surface area (Å²) in [6.07, 6.45) is -3.15. The summed E-state index contributed by atoms with van der Waals surface area (Å²) in [5, 5.41) is 0. The fourth-order valence-corrected chi connectivity index (χ4v) is 2.09. The van der Waals surface area contributed by atoms with Gasteiger partial charge in [0.25, 0.3) is 0 Å². The van der Waals surface area contributed by atoms with Crippen LogP contribution >= 0.6 is 0 Å². The highest BCUT2D eigenvalue weighted by atomic mass is 19.4. The Balaban J connectivity index is 2.01. The summed E-state index contributed by atoms with van der Waals surface area (Å²) >= 11 is 0. The van der Waals surface area contributed by atoms with Crippen LogP contribution < -0.4 is 5.73 Å².